The summed E-state index contributed by atoms with van der Waals surface area (Å²) >= 11 is 0. The normalized spacial score (nSPS) is 18.7. The van der Waals surface area contributed by atoms with Crippen LogP contribution in [0.2, 0.25) is 0 Å². The Morgan fingerprint density at radius 2 is 1.62 bits per heavy atom. The van der Waals surface area contributed by atoms with Crippen LogP contribution in [0.3, 0.4) is 0 Å². The molecule has 1 aromatic heterocycles. The molecule has 1 spiro atoms. The number of carbonyl (C=O) groups is 5. The number of pyridine rings is 1. The fraction of sp³-hybridized carbons (Fsp3) is 0.0588. The molecule has 0 atom stereocenters. The van der Waals surface area contributed by atoms with E-state index in [1.54, 1.807) is 15.4 Å². The van der Waals surface area contributed by atoms with Crippen molar-refractivity contribution in [2.24, 2.45) is 5.73 Å². The molecule has 2 aliphatic heterocycles. The number of hydrogen-bond acceptors (Lipinski definition) is 9. The summed E-state index contributed by atoms with van der Waals surface area (Å²) in [5.41, 5.74) is 5.17. The van der Waals surface area contributed by atoms with Gasteiger partial charge in [0.1, 0.15) is 5.75 Å². The lowest BCUT2D eigenvalue weighted by atomic mass is 10.1. The molecule has 0 bridgehead atoms. The number of aromatic nitrogens is 1. The number of nitrogens with zero attached hydrogens (tertiary/aromatic N) is 2. The number of primary amides is 1. The van der Waals surface area contributed by atoms with Crippen LogP contribution in [0, 0.1) is 0 Å². The Labute approximate surface area is 178 Å². The van der Waals surface area contributed by atoms with E-state index in [-0.39, 0.29) is 22.9 Å². The van der Waals surface area contributed by atoms with Gasteiger partial charge in [0.2, 0.25) is 11.8 Å². The van der Waals surface area contributed by atoms with Crippen LogP contribution in [0.1, 0.15) is 10.4 Å². The van der Waals surface area contributed by atoms with E-state index in [0.29, 0.717) is 4.90 Å². The summed E-state index contributed by atoms with van der Waals surface area (Å²) in [6, 6.07) is 5.66. The minimum Gasteiger partial charge on any atom is -0.439 e. The number of urea groups is 2. The summed E-state index contributed by atoms with van der Waals surface area (Å²) in [5, 5.41) is 3.35. The summed E-state index contributed by atoms with van der Waals surface area (Å²) < 4.78 is 32.2. The van der Waals surface area contributed by atoms with Gasteiger partial charge in [-0.15, -0.1) is 0 Å². The third kappa shape index (κ3) is 2.99. The molecule has 1 aromatic carbocycles. The van der Waals surface area contributed by atoms with Crippen molar-refractivity contribution in [2.75, 3.05) is 4.90 Å². The number of carbonyl (C=O) groups excluding carboxylic acids is 5. The smallest absolute Gasteiger partial charge is 0.337 e. The molecule has 5 N–H and O–H groups in total. The zero-order valence-electron chi connectivity index (χ0n) is 15.7. The predicted octanol–water partition coefficient (Wildman–Crippen LogP) is -1.11. The van der Waals surface area contributed by atoms with Crippen LogP contribution in [-0.2, 0) is 19.6 Å². The average Bonchev–Trinajstić information content (AvgIpc) is 2.93. The van der Waals surface area contributed by atoms with E-state index >= 15 is 0 Å². The number of anilines is 1. The van der Waals surface area contributed by atoms with E-state index in [2.05, 4.69) is 4.98 Å². The number of nitrogens with one attached hydrogen (secondary N) is 3. The molecular formula is C17H12N6O8S. The number of nitrogens with two attached hydrogens (primary N) is 1. The average molecular weight is 460 g/mol. The molecule has 14 nitrogen and oxygen atoms in total. The summed E-state index contributed by atoms with van der Waals surface area (Å²) in [7, 11) is -4.89. The highest BCUT2D eigenvalue weighted by Gasteiger charge is 2.71. The van der Waals surface area contributed by atoms with E-state index in [0.717, 1.165) is 6.20 Å². The molecule has 32 heavy (non-hydrogen) atoms. The van der Waals surface area contributed by atoms with Gasteiger partial charge < -0.3 is 10.5 Å². The number of ether oxygens (including phenoxy) is 1. The van der Waals surface area contributed by atoms with Gasteiger partial charge in [-0.25, -0.2) is 27.7 Å². The molecule has 2 fully saturated rings. The molecule has 0 saturated carbocycles. The Morgan fingerprint density at radius 1 is 1.00 bits per heavy atom. The first-order chi connectivity index (χ1) is 15.1. The summed E-state index contributed by atoms with van der Waals surface area (Å²) in [5.74, 6) is -3.38. The molecule has 2 aromatic rings. The first-order valence-corrected chi connectivity index (χ1v) is 10.1. The third-order valence-electron chi connectivity index (χ3n) is 4.54. The summed E-state index contributed by atoms with van der Waals surface area (Å²) in [4.78, 5) is 61.1. The van der Waals surface area contributed by atoms with E-state index in [1.165, 1.54) is 36.4 Å². The van der Waals surface area contributed by atoms with Gasteiger partial charge in [0, 0.05) is 11.6 Å². The lowest BCUT2D eigenvalue weighted by Gasteiger charge is -2.34. The maximum Gasteiger partial charge on any atom is 0.337 e. The highest BCUT2D eigenvalue weighted by molar-refractivity contribution is 7.94. The number of hydrogen-bond donors (Lipinski definition) is 4. The van der Waals surface area contributed by atoms with Crippen LogP contribution in [-0.4, -0.2) is 48.1 Å². The van der Waals surface area contributed by atoms with Crippen molar-refractivity contribution >= 4 is 45.5 Å². The Balaban J connectivity index is 1.67. The van der Waals surface area contributed by atoms with Gasteiger partial charge in [-0.05, 0) is 30.3 Å². The number of sulfonamides is 1. The number of rotatable bonds is 4. The van der Waals surface area contributed by atoms with Crippen LogP contribution < -0.4 is 30.7 Å². The first-order valence-electron chi connectivity index (χ1n) is 8.63. The van der Waals surface area contributed by atoms with E-state index in [4.69, 9.17) is 10.5 Å². The number of imide groups is 2. The van der Waals surface area contributed by atoms with Crippen LogP contribution in [0.15, 0.2) is 42.6 Å². The maximum atomic E-state index is 12.6. The van der Waals surface area contributed by atoms with Gasteiger partial charge in [-0.3, -0.25) is 29.9 Å². The van der Waals surface area contributed by atoms with Gasteiger partial charge in [-0.2, -0.15) is 0 Å². The predicted molar refractivity (Wildman–Crippen MR) is 104 cm³/mol. The molecule has 15 heteroatoms. The Kier molecular flexibility index (Phi) is 4.55. The molecule has 7 amide bonds. The van der Waals surface area contributed by atoms with Gasteiger partial charge >= 0.3 is 16.9 Å². The Hall–Kier alpha value is -4.53. The largest absolute Gasteiger partial charge is 0.439 e. The van der Waals surface area contributed by atoms with Crippen molar-refractivity contribution in [1.29, 1.82) is 0 Å². The lowest BCUT2D eigenvalue weighted by Crippen LogP contribution is -2.74. The van der Waals surface area contributed by atoms with E-state index in [9.17, 15) is 32.4 Å². The molecule has 164 valence electrons. The van der Waals surface area contributed by atoms with E-state index in [1.807, 2.05) is 0 Å². The minimum atomic E-state index is -4.89. The highest BCUT2D eigenvalue weighted by Crippen LogP contribution is 2.36. The SMILES string of the molecule is NC(=O)c1ccc(Oc2ccc(N3C(=O)NS(=O)(=O)C34C(=O)NC(=O)NC4=O)cn2)cc1. The molecule has 0 unspecified atom stereocenters. The van der Waals surface area contributed by atoms with E-state index < -0.39 is 44.7 Å². The van der Waals surface area contributed by atoms with Crippen molar-refractivity contribution in [1.82, 2.24) is 20.3 Å². The Bertz CT molecular complexity index is 1270. The fourth-order valence-electron chi connectivity index (χ4n) is 3.13. The van der Waals surface area contributed by atoms with Crippen molar-refractivity contribution in [2.45, 2.75) is 4.87 Å². The van der Waals surface area contributed by atoms with Crippen LogP contribution in [0.25, 0.3) is 0 Å². The van der Waals surface area contributed by atoms with Crippen LogP contribution in [0.4, 0.5) is 15.3 Å². The summed E-state index contributed by atoms with van der Waals surface area (Å²) in [6.45, 7) is 0. The van der Waals surface area contributed by atoms with Crippen LogP contribution in [0.5, 0.6) is 11.6 Å². The second-order valence-electron chi connectivity index (χ2n) is 6.47. The molecule has 0 aliphatic carbocycles. The highest BCUT2D eigenvalue weighted by atomic mass is 32.2. The van der Waals surface area contributed by atoms with Gasteiger partial charge in [-0.1, -0.05) is 0 Å². The molecule has 4 rings (SSSR count). The van der Waals surface area contributed by atoms with Crippen molar-refractivity contribution < 1.29 is 37.1 Å². The summed E-state index contributed by atoms with van der Waals surface area (Å²) in [6.07, 6.45) is 0.992. The second-order valence-corrected chi connectivity index (χ2v) is 8.27. The lowest BCUT2D eigenvalue weighted by molar-refractivity contribution is -0.133. The van der Waals surface area contributed by atoms with Crippen molar-refractivity contribution in [3.63, 3.8) is 0 Å². The minimum absolute atomic E-state index is 0.00446. The molecule has 0 radical (unpaired) electrons. The second kappa shape index (κ2) is 7.02. The molecule has 2 saturated heterocycles. The number of amides is 7. The molecule has 2 aliphatic rings. The van der Waals surface area contributed by atoms with Crippen LogP contribution >= 0.6 is 0 Å². The number of benzene rings is 1. The van der Waals surface area contributed by atoms with Gasteiger partial charge in [0.25, 0.3) is 21.8 Å². The van der Waals surface area contributed by atoms with Gasteiger partial charge in [0.05, 0.1) is 11.9 Å². The van der Waals surface area contributed by atoms with Gasteiger partial charge in [0.15, 0.2) is 0 Å². The molecule has 3 heterocycles. The number of barbiturate groups is 1. The zero-order valence-corrected chi connectivity index (χ0v) is 16.5. The topological polar surface area (TPSA) is 207 Å². The quantitative estimate of drug-likeness (QED) is 0.407. The first kappa shape index (κ1) is 20.7. The fourth-order valence-corrected chi connectivity index (χ4v) is 4.61. The zero-order chi connectivity index (χ0) is 23.3. The standard InChI is InChI=1S/C17H12N6O8S/c18-12(24)8-1-4-10(5-2-8)31-11-6-3-9(7-19-11)23-16(28)22-32(29,30)17(23)13(25)20-15(27)21-14(17)26/h1-7H,(H2,18,24)(H,22,28)(H2,20,21,25,26,27). The Morgan fingerprint density at radius 3 is 2.16 bits per heavy atom. The maximum absolute atomic E-state index is 12.6. The van der Waals surface area contributed by atoms with Crippen molar-refractivity contribution in [3.05, 3.63) is 48.2 Å². The monoisotopic (exact) mass is 460 g/mol. The third-order valence-corrected chi connectivity index (χ3v) is 6.31. The molecular weight excluding hydrogens is 448 g/mol. The van der Waals surface area contributed by atoms with Crippen molar-refractivity contribution in [3.8, 4) is 11.6 Å².